The zero-order valence-electron chi connectivity index (χ0n) is 11.8. The lowest BCUT2D eigenvalue weighted by atomic mass is 9.97. The van der Waals surface area contributed by atoms with Crippen LogP contribution in [-0.2, 0) is 9.84 Å². The van der Waals surface area contributed by atoms with Crippen LogP contribution in [0, 0.1) is 10.1 Å². The van der Waals surface area contributed by atoms with Gasteiger partial charge >= 0.3 is 0 Å². The minimum absolute atomic E-state index is 0.0621. The maximum absolute atomic E-state index is 11.5. The zero-order valence-corrected chi connectivity index (χ0v) is 12.6. The first-order valence-corrected chi connectivity index (χ1v) is 8.63. The Kier molecular flexibility index (Phi) is 4.20. The molecule has 0 amide bonds. The van der Waals surface area contributed by atoms with Crippen LogP contribution in [0.1, 0.15) is 25.7 Å². The molecule has 21 heavy (non-hydrogen) atoms. The van der Waals surface area contributed by atoms with Gasteiger partial charge in [-0.25, -0.2) is 8.42 Å². The van der Waals surface area contributed by atoms with E-state index in [0.717, 1.165) is 38.0 Å². The van der Waals surface area contributed by atoms with Crippen molar-refractivity contribution in [2.75, 3.05) is 18.1 Å². The van der Waals surface area contributed by atoms with Gasteiger partial charge in [0, 0.05) is 24.4 Å². The van der Waals surface area contributed by atoms with Crippen molar-refractivity contribution >= 4 is 21.2 Å². The number of anilines is 1. The number of rotatable bonds is 5. The van der Waals surface area contributed by atoms with Crippen molar-refractivity contribution in [2.24, 2.45) is 5.73 Å². The fourth-order valence-corrected chi connectivity index (χ4v) is 3.36. The van der Waals surface area contributed by atoms with Crippen LogP contribution in [0.3, 0.4) is 0 Å². The maximum atomic E-state index is 11.5. The molecule has 1 saturated carbocycles. The fraction of sp³-hybridized carbons (Fsp3) is 0.538. The summed E-state index contributed by atoms with van der Waals surface area (Å²) in [4.78, 5) is 10.6. The van der Waals surface area contributed by atoms with Crippen molar-refractivity contribution in [2.45, 2.75) is 36.1 Å². The number of nitro groups is 1. The van der Waals surface area contributed by atoms with E-state index in [0.29, 0.717) is 12.2 Å². The first-order valence-electron chi connectivity index (χ1n) is 6.74. The van der Waals surface area contributed by atoms with Gasteiger partial charge in [0.05, 0.1) is 9.82 Å². The average Bonchev–Trinajstić information content (AvgIpc) is 2.87. The molecule has 7 nitrogen and oxygen atoms in total. The Morgan fingerprint density at radius 3 is 2.48 bits per heavy atom. The quantitative estimate of drug-likeness (QED) is 0.631. The number of nitrogens with one attached hydrogen (secondary N) is 1. The van der Waals surface area contributed by atoms with Crippen LogP contribution < -0.4 is 11.1 Å². The highest BCUT2D eigenvalue weighted by Crippen LogP contribution is 2.36. The number of hydrogen-bond donors (Lipinski definition) is 2. The summed E-state index contributed by atoms with van der Waals surface area (Å²) in [5, 5.41) is 14.4. The first kappa shape index (κ1) is 15.7. The molecule has 0 bridgehead atoms. The van der Waals surface area contributed by atoms with Gasteiger partial charge in [0.25, 0.3) is 5.69 Å². The Bertz CT molecular complexity index is 651. The van der Waals surface area contributed by atoms with E-state index < -0.39 is 14.8 Å². The molecule has 3 N–H and O–H groups in total. The Labute approximate surface area is 123 Å². The molecule has 1 aromatic rings. The van der Waals surface area contributed by atoms with E-state index in [-0.39, 0.29) is 16.1 Å². The van der Waals surface area contributed by atoms with Gasteiger partial charge in [0.1, 0.15) is 5.69 Å². The third-order valence-corrected chi connectivity index (χ3v) is 5.06. The fourth-order valence-electron chi connectivity index (χ4n) is 2.72. The van der Waals surface area contributed by atoms with Gasteiger partial charge in [-0.2, -0.15) is 0 Å². The summed E-state index contributed by atoms with van der Waals surface area (Å²) in [7, 11) is -3.48. The molecule has 0 unspecified atom stereocenters. The van der Waals surface area contributed by atoms with E-state index in [1.54, 1.807) is 0 Å². The number of nitrogens with two attached hydrogens (primary N) is 1. The molecule has 0 spiro atoms. The molecule has 0 saturated heterocycles. The first-order chi connectivity index (χ1) is 9.77. The van der Waals surface area contributed by atoms with E-state index in [1.807, 2.05) is 0 Å². The lowest BCUT2D eigenvalue weighted by Crippen LogP contribution is -2.42. The van der Waals surface area contributed by atoms with Gasteiger partial charge in [-0.15, -0.1) is 0 Å². The predicted octanol–water partition coefficient (Wildman–Crippen LogP) is 1.68. The Morgan fingerprint density at radius 1 is 1.38 bits per heavy atom. The SMILES string of the molecule is CS(=O)(=O)c1ccc(NC2(CN)CCCC2)c([N+](=O)[O-])c1. The van der Waals surface area contributed by atoms with E-state index in [4.69, 9.17) is 5.73 Å². The molecule has 0 aromatic heterocycles. The van der Waals surface area contributed by atoms with E-state index in [2.05, 4.69) is 5.32 Å². The lowest BCUT2D eigenvalue weighted by molar-refractivity contribution is -0.384. The number of hydrogen-bond acceptors (Lipinski definition) is 6. The summed E-state index contributed by atoms with van der Waals surface area (Å²) in [5.41, 5.74) is 5.56. The van der Waals surface area contributed by atoms with Crippen molar-refractivity contribution in [3.05, 3.63) is 28.3 Å². The molecule has 1 aliphatic carbocycles. The van der Waals surface area contributed by atoms with Crippen LogP contribution >= 0.6 is 0 Å². The summed E-state index contributed by atoms with van der Waals surface area (Å²) in [6.45, 7) is 0.387. The summed E-state index contributed by atoms with van der Waals surface area (Å²) in [6.07, 6.45) is 4.79. The standard InChI is InChI=1S/C13H19N3O4S/c1-21(19,20)10-4-5-11(12(8-10)16(17)18)15-13(9-14)6-2-3-7-13/h4-5,8,15H,2-3,6-7,9,14H2,1H3. The second-order valence-corrected chi connectivity index (χ2v) is 7.54. The minimum Gasteiger partial charge on any atom is -0.373 e. The molecule has 0 atom stereocenters. The van der Waals surface area contributed by atoms with Crippen molar-refractivity contribution in [3.8, 4) is 0 Å². The molecule has 8 heteroatoms. The van der Waals surface area contributed by atoms with Crippen molar-refractivity contribution in [1.82, 2.24) is 0 Å². The van der Waals surface area contributed by atoms with Crippen molar-refractivity contribution in [1.29, 1.82) is 0 Å². The highest BCUT2D eigenvalue weighted by atomic mass is 32.2. The highest BCUT2D eigenvalue weighted by molar-refractivity contribution is 7.90. The lowest BCUT2D eigenvalue weighted by Gasteiger charge is -2.29. The number of sulfone groups is 1. The van der Waals surface area contributed by atoms with Crippen LogP contribution in [0.4, 0.5) is 11.4 Å². The predicted molar refractivity (Wildman–Crippen MR) is 80.1 cm³/mol. The molecule has 0 heterocycles. The van der Waals surface area contributed by atoms with E-state index in [9.17, 15) is 18.5 Å². The van der Waals surface area contributed by atoms with Gasteiger partial charge in [0.15, 0.2) is 9.84 Å². The maximum Gasteiger partial charge on any atom is 0.293 e. The smallest absolute Gasteiger partial charge is 0.293 e. The number of nitro benzene ring substituents is 1. The van der Waals surface area contributed by atoms with E-state index >= 15 is 0 Å². The molecule has 2 rings (SSSR count). The summed E-state index contributed by atoms with van der Waals surface area (Å²) in [6, 6.07) is 3.92. The summed E-state index contributed by atoms with van der Waals surface area (Å²) in [5.74, 6) is 0. The van der Waals surface area contributed by atoms with Gasteiger partial charge in [-0.1, -0.05) is 12.8 Å². The highest BCUT2D eigenvalue weighted by Gasteiger charge is 2.34. The second kappa shape index (κ2) is 5.61. The van der Waals surface area contributed by atoms with E-state index in [1.165, 1.54) is 12.1 Å². The van der Waals surface area contributed by atoms with Crippen LogP contribution in [0.25, 0.3) is 0 Å². The summed E-state index contributed by atoms with van der Waals surface area (Å²) < 4.78 is 23.0. The minimum atomic E-state index is -3.48. The van der Waals surface area contributed by atoms with Gasteiger partial charge in [-0.05, 0) is 25.0 Å². The molecule has 0 aliphatic heterocycles. The molecule has 1 aromatic carbocycles. The van der Waals surface area contributed by atoms with Crippen LogP contribution in [-0.4, -0.2) is 31.7 Å². The molecule has 116 valence electrons. The monoisotopic (exact) mass is 313 g/mol. The Balaban J connectivity index is 2.42. The van der Waals surface area contributed by atoms with Crippen LogP contribution in [0.5, 0.6) is 0 Å². The van der Waals surface area contributed by atoms with Crippen LogP contribution in [0.15, 0.2) is 23.1 Å². The third kappa shape index (κ3) is 3.33. The van der Waals surface area contributed by atoms with Crippen molar-refractivity contribution < 1.29 is 13.3 Å². The average molecular weight is 313 g/mol. The van der Waals surface area contributed by atoms with Crippen molar-refractivity contribution in [3.63, 3.8) is 0 Å². The molecular formula is C13H19N3O4S. The molecular weight excluding hydrogens is 294 g/mol. The summed E-state index contributed by atoms with van der Waals surface area (Å²) >= 11 is 0. The topological polar surface area (TPSA) is 115 Å². The second-order valence-electron chi connectivity index (χ2n) is 5.52. The molecule has 1 fully saturated rings. The zero-order chi connectivity index (χ0) is 15.7. The van der Waals surface area contributed by atoms with Crippen LogP contribution in [0.2, 0.25) is 0 Å². The largest absolute Gasteiger partial charge is 0.373 e. The normalized spacial score (nSPS) is 17.6. The van der Waals surface area contributed by atoms with Gasteiger partial charge < -0.3 is 11.1 Å². The van der Waals surface area contributed by atoms with Gasteiger partial charge in [-0.3, -0.25) is 10.1 Å². The molecule has 1 aliphatic rings. The number of benzene rings is 1. The molecule has 0 radical (unpaired) electrons. The Hall–Kier alpha value is -1.67. The third-order valence-electron chi connectivity index (χ3n) is 3.95. The van der Waals surface area contributed by atoms with Gasteiger partial charge in [0.2, 0.25) is 0 Å². The number of nitrogens with zero attached hydrogens (tertiary/aromatic N) is 1. The Morgan fingerprint density at radius 2 is 2.00 bits per heavy atom.